The van der Waals surface area contributed by atoms with Crippen LogP contribution in [-0.4, -0.2) is 51.3 Å². The number of carbonyl (C=O) groups excluding carboxylic acids is 2. The van der Waals surface area contributed by atoms with Gasteiger partial charge in [0.15, 0.2) is 5.82 Å². The van der Waals surface area contributed by atoms with Crippen LogP contribution in [0.3, 0.4) is 0 Å². The summed E-state index contributed by atoms with van der Waals surface area (Å²) in [7, 11) is 0. The van der Waals surface area contributed by atoms with Crippen LogP contribution in [0, 0.1) is 0 Å². The molecule has 8 heteroatoms. The summed E-state index contributed by atoms with van der Waals surface area (Å²) in [6.07, 6.45) is 2.86. The molecule has 3 rings (SSSR count). The first kappa shape index (κ1) is 18.8. The first-order valence-corrected chi connectivity index (χ1v) is 9.15. The minimum atomic E-state index is 0.0211. The van der Waals surface area contributed by atoms with Crippen molar-refractivity contribution >= 4 is 17.6 Å². The van der Waals surface area contributed by atoms with Crippen LogP contribution in [0.5, 0.6) is 0 Å². The molecule has 2 aromatic rings. The molecule has 27 heavy (non-hydrogen) atoms. The first-order chi connectivity index (χ1) is 13.1. The van der Waals surface area contributed by atoms with Crippen LogP contribution >= 0.6 is 0 Å². The van der Waals surface area contributed by atoms with Gasteiger partial charge in [0, 0.05) is 44.7 Å². The number of hydrogen-bond donors (Lipinski definition) is 2. The van der Waals surface area contributed by atoms with Gasteiger partial charge in [0.25, 0.3) is 0 Å². The van der Waals surface area contributed by atoms with Gasteiger partial charge in [0.1, 0.15) is 11.5 Å². The van der Waals surface area contributed by atoms with E-state index in [1.165, 1.54) is 0 Å². The van der Waals surface area contributed by atoms with Crippen LogP contribution in [-0.2, 0) is 22.6 Å². The summed E-state index contributed by atoms with van der Waals surface area (Å²) in [5, 5.41) is 6.15. The lowest BCUT2D eigenvalue weighted by molar-refractivity contribution is -0.129. The number of pyridine rings is 1. The molecule has 0 unspecified atom stereocenters. The van der Waals surface area contributed by atoms with Gasteiger partial charge < -0.3 is 15.5 Å². The fourth-order valence-corrected chi connectivity index (χ4v) is 2.96. The van der Waals surface area contributed by atoms with Crippen LogP contribution in [0.4, 0.5) is 5.82 Å². The van der Waals surface area contributed by atoms with Crippen molar-refractivity contribution in [3.05, 3.63) is 35.7 Å². The second-order valence-electron chi connectivity index (χ2n) is 6.36. The summed E-state index contributed by atoms with van der Waals surface area (Å²) in [6, 6.07) is 5.59. The summed E-state index contributed by atoms with van der Waals surface area (Å²) in [6.45, 7) is 5.59. The van der Waals surface area contributed by atoms with Gasteiger partial charge in [-0.2, -0.15) is 0 Å². The Bertz CT molecular complexity index is 824. The highest BCUT2D eigenvalue weighted by atomic mass is 16.2. The molecule has 2 aromatic heterocycles. The Labute approximate surface area is 158 Å². The lowest BCUT2D eigenvalue weighted by Crippen LogP contribution is -2.36. The Morgan fingerprint density at radius 1 is 1.22 bits per heavy atom. The van der Waals surface area contributed by atoms with E-state index in [-0.39, 0.29) is 11.8 Å². The average molecular weight is 368 g/mol. The number of nitrogens with one attached hydrogen (secondary N) is 2. The van der Waals surface area contributed by atoms with E-state index < -0.39 is 0 Å². The molecule has 0 aromatic carbocycles. The van der Waals surface area contributed by atoms with Crippen molar-refractivity contribution < 1.29 is 9.59 Å². The van der Waals surface area contributed by atoms with Crippen molar-refractivity contribution in [2.45, 2.75) is 33.2 Å². The number of fused-ring (bicyclic) bond motifs is 1. The monoisotopic (exact) mass is 368 g/mol. The third-order valence-electron chi connectivity index (χ3n) is 4.47. The van der Waals surface area contributed by atoms with Gasteiger partial charge in [-0.1, -0.05) is 13.0 Å². The van der Waals surface area contributed by atoms with Crippen LogP contribution in [0.2, 0.25) is 0 Å². The van der Waals surface area contributed by atoms with Gasteiger partial charge in [-0.05, 0) is 18.6 Å². The summed E-state index contributed by atoms with van der Waals surface area (Å²) in [5.74, 6) is 1.33. The lowest BCUT2D eigenvalue weighted by atomic mass is 10.0. The van der Waals surface area contributed by atoms with Crippen LogP contribution < -0.4 is 10.6 Å². The molecule has 0 fully saturated rings. The molecule has 3 heterocycles. The third-order valence-corrected chi connectivity index (χ3v) is 4.47. The average Bonchev–Trinajstić information content (AvgIpc) is 2.70. The number of rotatable bonds is 6. The molecule has 0 aliphatic carbocycles. The maximum Gasteiger partial charge on any atom is 0.219 e. The van der Waals surface area contributed by atoms with Crippen molar-refractivity contribution in [3.8, 4) is 11.5 Å². The molecule has 2 N–H and O–H groups in total. The molecule has 0 radical (unpaired) electrons. The van der Waals surface area contributed by atoms with Gasteiger partial charge in [0.05, 0.1) is 12.2 Å². The number of anilines is 1. The highest BCUT2D eigenvalue weighted by Crippen LogP contribution is 2.26. The zero-order chi connectivity index (χ0) is 19.2. The van der Waals surface area contributed by atoms with Crippen molar-refractivity contribution in [1.82, 2.24) is 25.2 Å². The van der Waals surface area contributed by atoms with Gasteiger partial charge in [0.2, 0.25) is 11.8 Å². The summed E-state index contributed by atoms with van der Waals surface area (Å²) in [5.41, 5.74) is 2.55. The maximum atomic E-state index is 11.8. The Balaban J connectivity index is 1.85. The van der Waals surface area contributed by atoms with E-state index in [1.54, 1.807) is 18.0 Å². The highest BCUT2D eigenvalue weighted by Gasteiger charge is 2.24. The highest BCUT2D eigenvalue weighted by molar-refractivity contribution is 5.75. The minimum Gasteiger partial charge on any atom is -0.368 e. The van der Waals surface area contributed by atoms with Crippen molar-refractivity contribution in [3.63, 3.8) is 0 Å². The zero-order valence-electron chi connectivity index (χ0n) is 15.7. The zero-order valence-corrected chi connectivity index (χ0v) is 15.7. The molecular formula is C19H24N6O2. The van der Waals surface area contributed by atoms with E-state index >= 15 is 0 Å². The number of carbonyl (C=O) groups is 2. The molecule has 1 aliphatic heterocycles. The van der Waals surface area contributed by atoms with Gasteiger partial charge in [-0.25, -0.2) is 9.97 Å². The third kappa shape index (κ3) is 4.58. The predicted molar refractivity (Wildman–Crippen MR) is 102 cm³/mol. The molecule has 0 bridgehead atoms. The van der Waals surface area contributed by atoms with E-state index in [2.05, 4.69) is 25.6 Å². The first-order valence-electron chi connectivity index (χ1n) is 9.15. The Hall–Kier alpha value is -3.03. The molecule has 0 saturated heterocycles. The van der Waals surface area contributed by atoms with Crippen molar-refractivity contribution in [1.29, 1.82) is 0 Å². The standard InChI is InChI=1S/C19H24N6O2/c1-3-17(27)21-9-10-22-18-14-7-11-25(13(2)26)12-16(14)23-19(24-18)15-6-4-5-8-20-15/h4-6,8H,3,7,9-12H2,1-2H3,(H,21,27)(H,22,23,24). The summed E-state index contributed by atoms with van der Waals surface area (Å²) >= 11 is 0. The van der Waals surface area contributed by atoms with Crippen molar-refractivity contribution in [2.75, 3.05) is 25.0 Å². The SMILES string of the molecule is CCC(=O)NCCNc1nc(-c2ccccn2)nc2c1CCN(C(C)=O)C2. The fourth-order valence-electron chi connectivity index (χ4n) is 2.96. The Morgan fingerprint density at radius 2 is 2.07 bits per heavy atom. The molecule has 0 spiro atoms. The Kier molecular flexibility index (Phi) is 5.95. The van der Waals surface area contributed by atoms with E-state index in [0.29, 0.717) is 50.5 Å². The topological polar surface area (TPSA) is 100 Å². The van der Waals surface area contributed by atoms with Gasteiger partial charge in [-0.3, -0.25) is 14.6 Å². The number of amides is 2. The van der Waals surface area contributed by atoms with E-state index in [9.17, 15) is 9.59 Å². The molecule has 2 amide bonds. The molecule has 0 saturated carbocycles. The van der Waals surface area contributed by atoms with Crippen LogP contribution in [0.15, 0.2) is 24.4 Å². The summed E-state index contributed by atoms with van der Waals surface area (Å²) < 4.78 is 0. The molecule has 142 valence electrons. The van der Waals surface area contributed by atoms with Gasteiger partial charge in [-0.15, -0.1) is 0 Å². The number of hydrogen-bond acceptors (Lipinski definition) is 6. The van der Waals surface area contributed by atoms with Crippen molar-refractivity contribution in [2.24, 2.45) is 0 Å². The Morgan fingerprint density at radius 3 is 2.78 bits per heavy atom. The molecule has 8 nitrogen and oxygen atoms in total. The normalized spacial score (nSPS) is 13.0. The number of aromatic nitrogens is 3. The lowest BCUT2D eigenvalue weighted by Gasteiger charge is -2.28. The quantitative estimate of drug-likeness (QED) is 0.747. The minimum absolute atomic E-state index is 0.0211. The predicted octanol–water partition coefficient (Wildman–Crippen LogP) is 1.38. The molecule has 1 aliphatic rings. The molecular weight excluding hydrogens is 344 g/mol. The van der Waals surface area contributed by atoms with E-state index in [1.807, 2.05) is 25.1 Å². The second kappa shape index (κ2) is 8.57. The van der Waals surface area contributed by atoms with Crippen LogP contribution in [0.25, 0.3) is 11.5 Å². The van der Waals surface area contributed by atoms with E-state index in [4.69, 9.17) is 0 Å². The van der Waals surface area contributed by atoms with E-state index in [0.717, 1.165) is 17.1 Å². The van der Waals surface area contributed by atoms with Crippen LogP contribution in [0.1, 0.15) is 31.5 Å². The fraction of sp³-hybridized carbons (Fsp3) is 0.421. The second-order valence-corrected chi connectivity index (χ2v) is 6.36. The molecule has 0 atom stereocenters. The summed E-state index contributed by atoms with van der Waals surface area (Å²) in [4.78, 5) is 38.6. The van der Waals surface area contributed by atoms with Gasteiger partial charge >= 0.3 is 0 Å². The number of nitrogens with zero attached hydrogens (tertiary/aromatic N) is 4. The largest absolute Gasteiger partial charge is 0.368 e. The smallest absolute Gasteiger partial charge is 0.219 e. The maximum absolute atomic E-state index is 11.8.